The van der Waals surface area contributed by atoms with Crippen LogP contribution in [0.1, 0.15) is 252 Å². The van der Waals surface area contributed by atoms with Crippen LogP contribution in [-0.4, -0.2) is 37.2 Å². The van der Waals surface area contributed by atoms with E-state index in [-0.39, 0.29) is 38.0 Å². The Labute approximate surface area is 497 Å². The summed E-state index contributed by atoms with van der Waals surface area (Å²) in [7, 11) is 0. The minimum absolute atomic E-state index is 0.111. The molecule has 0 bridgehead atoms. The second kappa shape index (κ2) is 67.0. The molecule has 0 N–H and O–H groups in total. The number of rotatable bonds is 56. The Kier molecular flexibility index (Phi) is 62.5. The van der Waals surface area contributed by atoms with Crippen LogP contribution in [0.3, 0.4) is 0 Å². The predicted octanol–water partition coefficient (Wildman–Crippen LogP) is 22.4. The molecule has 0 amide bonds. The molecule has 0 aliphatic carbocycles. The Morgan fingerprint density at radius 1 is 0.272 bits per heavy atom. The summed E-state index contributed by atoms with van der Waals surface area (Å²) in [5, 5.41) is 0. The van der Waals surface area contributed by atoms with Crippen molar-refractivity contribution >= 4 is 17.9 Å². The number of carbonyl (C=O) groups excluding carboxylic acids is 3. The van der Waals surface area contributed by atoms with Crippen molar-refractivity contribution < 1.29 is 28.6 Å². The van der Waals surface area contributed by atoms with Crippen molar-refractivity contribution in [2.24, 2.45) is 0 Å². The molecule has 452 valence electrons. The molecule has 0 aromatic rings. The summed E-state index contributed by atoms with van der Waals surface area (Å²) in [6.45, 7) is 6.27. The van der Waals surface area contributed by atoms with Gasteiger partial charge < -0.3 is 14.2 Å². The molecular formula is C75H116O6. The third kappa shape index (κ3) is 65.2. The molecule has 1 unspecified atom stereocenters. The van der Waals surface area contributed by atoms with Crippen molar-refractivity contribution in [3.8, 4) is 0 Å². The van der Waals surface area contributed by atoms with E-state index < -0.39 is 12.1 Å². The molecular weight excluding hydrogens is 997 g/mol. The fourth-order valence-corrected chi connectivity index (χ4v) is 8.15. The summed E-state index contributed by atoms with van der Waals surface area (Å²) < 4.78 is 16.8. The van der Waals surface area contributed by atoms with Crippen LogP contribution < -0.4 is 0 Å². The standard InChI is InChI=1S/C75H116O6/c1-4-7-10-13-16-19-22-25-28-30-32-34-35-36-37-38-39-41-42-44-47-50-53-56-59-62-65-68-74(77)80-71-72(70-79-73(76)67-64-61-58-55-52-49-46-27-24-21-18-15-12-9-6-3)81-75(78)69-66-63-60-57-54-51-48-45-43-40-33-31-29-26-23-20-17-14-11-8-5-2/h7,9-10,12,16,18-19,21,23,25-28,31-34,36-37,39,41,43-47,52,55,61,64,72H,4-6,8,11,13-15,17,20,22,24,29-30,35,38,40,42,48-51,53-54,56-60,62-63,65-71H2,1-3H3/b10-7-,12-9-,19-16-,21-18-,26-23-,28-25-,33-31-,34-32-,37-36-,41-39-,45-43-,46-27-,47-44-,55-52-,64-61-. The second-order valence-electron chi connectivity index (χ2n) is 20.6. The molecule has 6 heteroatoms. The number of hydrogen-bond donors (Lipinski definition) is 0. The summed E-state index contributed by atoms with van der Waals surface area (Å²) in [5.41, 5.74) is 0. The number of ether oxygens (including phenoxy) is 3. The van der Waals surface area contributed by atoms with Gasteiger partial charge in [0.1, 0.15) is 13.2 Å². The van der Waals surface area contributed by atoms with Gasteiger partial charge >= 0.3 is 17.9 Å². The van der Waals surface area contributed by atoms with E-state index in [1.807, 2.05) is 6.08 Å². The molecule has 0 aliphatic heterocycles. The van der Waals surface area contributed by atoms with E-state index in [0.29, 0.717) is 6.42 Å². The first-order chi connectivity index (χ1) is 40.0. The van der Waals surface area contributed by atoms with Crippen molar-refractivity contribution in [3.05, 3.63) is 182 Å². The number of unbranched alkanes of at least 4 members (excludes halogenated alkanes) is 16. The smallest absolute Gasteiger partial charge is 0.309 e. The van der Waals surface area contributed by atoms with Crippen LogP contribution in [0.5, 0.6) is 0 Å². The average molecular weight is 1110 g/mol. The molecule has 0 spiro atoms. The van der Waals surface area contributed by atoms with Crippen molar-refractivity contribution in [3.63, 3.8) is 0 Å². The van der Waals surface area contributed by atoms with Gasteiger partial charge in [0, 0.05) is 12.8 Å². The number of hydrogen-bond acceptors (Lipinski definition) is 6. The third-order valence-corrected chi connectivity index (χ3v) is 12.9. The molecule has 0 heterocycles. The molecule has 1 atom stereocenters. The maximum Gasteiger partial charge on any atom is 0.309 e. The minimum Gasteiger partial charge on any atom is -0.462 e. The van der Waals surface area contributed by atoms with Crippen LogP contribution in [0.15, 0.2) is 182 Å². The zero-order valence-corrected chi connectivity index (χ0v) is 51.7. The highest BCUT2D eigenvalue weighted by atomic mass is 16.6. The summed E-state index contributed by atoms with van der Waals surface area (Å²) in [6, 6.07) is 0. The lowest BCUT2D eigenvalue weighted by Gasteiger charge is -2.18. The molecule has 0 rings (SSSR count). The van der Waals surface area contributed by atoms with Gasteiger partial charge in [0.15, 0.2) is 6.10 Å². The van der Waals surface area contributed by atoms with Crippen LogP contribution in [0.4, 0.5) is 0 Å². The van der Waals surface area contributed by atoms with Crippen molar-refractivity contribution in [2.75, 3.05) is 13.2 Å². The van der Waals surface area contributed by atoms with E-state index in [2.05, 4.69) is 191 Å². The Bertz CT molecular complexity index is 1900. The van der Waals surface area contributed by atoms with E-state index in [9.17, 15) is 14.4 Å². The maximum absolute atomic E-state index is 12.9. The fraction of sp³-hybridized carbons (Fsp3) is 0.560. The lowest BCUT2D eigenvalue weighted by molar-refractivity contribution is -0.166. The first-order valence-electron chi connectivity index (χ1n) is 32.3. The molecule has 0 aliphatic rings. The van der Waals surface area contributed by atoms with Crippen LogP contribution >= 0.6 is 0 Å². The van der Waals surface area contributed by atoms with Gasteiger partial charge in [0.05, 0.1) is 6.42 Å². The Balaban J connectivity index is 4.54. The summed E-state index contributed by atoms with van der Waals surface area (Å²) in [6.07, 6.45) is 101. The lowest BCUT2D eigenvalue weighted by Crippen LogP contribution is -2.30. The molecule has 81 heavy (non-hydrogen) atoms. The zero-order chi connectivity index (χ0) is 58.5. The number of allylic oxidation sites excluding steroid dienone is 29. The minimum atomic E-state index is -0.846. The third-order valence-electron chi connectivity index (χ3n) is 12.9. The van der Waals surface area contributed by atoms with Gasteiger partial charge in [0.25, 0.3) is 0 Å². The quantitative estimate of drug-likeness (QED) is 0.0261. The van der Waals surface area contributed by atoms with E-state index in [4.69, 9.17) is 14.2 Å². The van der Waals surface area contributed by atoms with E-state index in [1.54, 1.807) is 6.08 Å². The summed E-state index contributed by atoms with van der Waals surface area (Å²) in [5.74, 6) is -1.10. The number of esters is 3. The zero-order valence-electron chi connectivity index (χ0n) is 51.7. The van der Waals surface area contributed by atoms with Crippen molar-refractivity contribution in [1.82, 2.24) is 0 Å². The highest BCUT2D eigenvalue weighted by Crippen LogP contribution is 2.13. The molecule has 0 saturated carbocycles. The topological polar surface area (TPSA) is 78.9 Å². The van der Waals surface area contributed by atoms with Gasteiger partial charge in [-0.2, -0.15) is 0 Å². The highest BCUT2D eigenvalue weighted by molar-refractivity contribution is 5.72. The molecule has 0 fully saturated rings. The lowest BCUT2D eigenvalue weighted by atomic mass is 10.1. The van der Waals surface area contributed by atoms with E-state index in [1.165, 1.54) is 51.4 Å². The van der Waals surface area contributed by atoms with Crippen molar-refractivity contribution in [1.29, 1.82) is 0 Å². The molecule has 0 radical (unpaired) electrons. The van der Waals surface area contributed by atoms with Crippen LogP contribution in [-0.2, 0) is 28.6 Å². The normalized spacial score (nSPS) is 13.4. The van der Waals surface area contributed by atoms with Gasteiger partial charge in [-0.05, 0) is 141 Å². The fourth-order valence-electron chi connectivity index (χ4n) is 8.15. The molecule has 0 saturated heterocycles. The van der Waals surface area contributed by atoms with E-state index in [0.717, 1.165) is 161 Å². The van der Waals surface area contributed by atoms with E-state index >= 15 is 0 Å². The Hall–Kier alpha value is -5.49. The van der Waals surface area contributed by atoms with Gasteiger partial charge in [-0.15, -0.1) is 0 Å². The molecule has 0 aromatic carbocycles. The second-order valence-corrected chi connectivity index (χ2v) is 20.6. The maximum atomic E-state index is 12.9. The van der Waals surface area contributed by atoms with Crippen molar-refractivity contribution in [2.45, 2.75) is 258 Å². The average Bonchev–Trinajstić information content (AvgIpc) is 3.47. The SMILES string of the molecule is CC/C=C\C/C=C\C/C=C\C/C=C\C/C=C\C/C=C\C/C=C\CCCCCCCC(=O)OCC(COC(=O)C/C=C\C/C=C\C/C=C\C/C=C\C/C=C\CC)OC(=O)CCCCCCCC/C=C\C/C=C\C/C=C\CCCCCCC. The van der Waals surface area contributed by atoms with Crippen LogP contribution in [0.2, 0.25) is 0 Å². The van der Waals surface area contributed by atoms with Gasteiger partial charge in [0.2, 0.25) is 0 Å². The molecule has 6 nitrogen and oxygen atoms in total. The van der Waals surface area contributed by atoms with Crippen LogP contribution in [0.25, 0.3) is 0 Å². The van der Waals surface area contributed by atoms with Gasteiger partial charge in [-0.25, -0.2) is 0 Å². The first-order valence-corrected chi connectivity index (χ1v) is 32.3. The Morgan fingerprint density at radius 2 is 0.531 bits per heavy atom. The largest absolute Gasteiger partial charge is 0.462 e. The van der Waals surface area contributed by atoms with Gasteiger partial charge in [-0.1, -0.05) is 274 Å². The number of carbonyl (C=O) groups is 3. The summed E-state index contributed by atoms with van der Waals surface area (Å²) in [4.78, 5) is 38.3. The first kappa shape index (κ1) is 75.5. The van der Waals surface area contributed by atoms with Crippen LogP contribution in [0, 0.1) is 0 Å². The molecule has 0 aromatic heterocycles. The predicted molar refractivity (Wildman–Crippen MR) is 352 cm³/mol. The van der Waals surface area contributed by atoms with Gasteiger partial charge in [-0.3, -0.25) is 14.4 Å². The monoisotopic (exact) mass is 1110 g/mol. The Morgan fingerprint density at radius 3 is 0.864 bits per heavy atom. The summed E-state index contributed by atoms with van der Waals surface area (Å²) >= 11 is 0. The highest BCUT2D eigenvalue weighted by Gasteiger charge is 2.19.